The zero-order chi connectivity index (χ0) is 21.6. The molecule has 2 aromatic rings. The molecule has 1 aromatic heterocycles. The van der Waals surface area contributed by atoms with Crippen molar-refractivity contribution in [1.82, 2.24) is 9.78 Å². The number of nitrogens with zero attached hydrogens (tertiary/aromatic N) is 5. The molecule has 0 aliphatic heterocycles. The third kappa shape index (κ3) is 5.30. The maximum atomic E-state index is 11.6. The minimum Gasteiger partial charge on any atom is -0.495 e. The van der Waals surface area contributed by atoms with Crippen molar-refractivity contribution in [1.29, 1.82) is 5.26 Å². The van der Waals surface area contributed by atoms with Crippen LogP contribution in [0.3, 0.4) is 0 Å². The molecule has 1 amide bonds. The highest BCUT2D eigenvalue weighted by Crippen LogP contribution is 2.38. The lowest BCUT2D eigenvalue weighted by atomic mass is 10.2. The largest absolute Gasteiger partial charge is 0.495 e. The van der Waals surface area contributed by atoms with Crippen molar-refractivity contribution in [2.45, 2.75) is 40.3 Å². The normalized spacial score (nSPS) is 11.9. The number of hydrogen-bond acceptors (Lipinski definition) is 8. The molecular formula is C19H25N7O3. The first-order valence-electron chi connectivity index (χ1n) is 9.11. The van der Waals surface area contributed by atoms with E-state index in [1.54, 1.807) is 26.0 Å². The zero-order valence-corrected chi connectivity index (χ0v) is 17.1. The number of aromatic nitrogens is 2. The fourth-order valence-electron chi connectivity index (χ4n) is 2.72. The predicted molar refractivity (Wildman–Crippen MR) is 109 cm³/mol. The molecule has 1 aromatic carbocycles. The Kier molecular flexibility index (Phi) is 7.27. The van der Waals surface area contributed by atoms with Gasteiger partial charge in [0.25, 0.3) is 0 Å². The molecule has 1 atom stereocenters. The molecule has 0 fully saturated rings. The molecule has 10 heteroatoms. The first-order valence-corrected chi connectivity index (χ1v) is 9.11. The molecule has 0 radical (unpaired) electrons. The number of nitrogens with one attached hydrogen (secondary N) is 2. The number of aliphatic hydroxyl groups is 1. The second-order valence-electron chi connectivity index (χ2n) is 6.41. The molecule has 0 saturated carbocycles. The SMILES string of the molecule is CCNc1cc(NC(C)=O)c(N=Nc2c(C#N)c(C)nn2CC(C)O)cc1OC. The van der Waals surface area contributed by atoms with Crippen LogP contribution in [0.4, 0.5) is 22.9 Å². The number of ether oxygens (including phenoxy) is 1. The van der Waals surface area contributed by atoms with Crippen molar-refractivity contribution in [3.8, 4) is 11.8 Å². The Morgan fingerprint density at radius 2 is 2.14 bits per heavy atom. The molecule has 0 aliphatic carbocycles. The number of aliphatic hydroxyl groups excluding tert-OH is 1. The summed E-state index contributed by atoms with van der Waals surface area (Å²) in [5, 5.41) is 37.7. The Balaban J connectivity index is 2.56. The molecule has 154 valence electrons. The van der Waals surface area contributed by atoms with Crippen LogP contribution in [0.1, 0.15) is 32.0 Å². The molecule has 1 unspecified atom stereocenters. The van der Waals surface area contributed by atoms with E-state index in [0.29, 0.717) is 35.1 Å². The zero-order valence-electron chi connectivity index (χ0n) is 17.1. The summed E-state index contributed by atoms with van der Waals surface area (Å²) in [4.78, 5) is 11.6. The van der Waals surface area contributed by atoms with Crippen LogP contribution in [-0.4, -0.2) is 40.6 Å². The molecular weight excluding hydrogens is 374 g/mol. The lowest BCUT2D eigenvalue weighted by molar-refractivity contribution is -0.114. The summed E-state index contributed by atoms with van der Waals surface area (Å²) >= 11 is 0. The van der Waals surface area contributed by atoms with E-state index in [2.05, 4.69) is 32.0 Å². The van der Waals surface area contributed by atoms with Crippen LogP contribution in [0.2, 0.25) is 0 Å². The number of aryl methyl sites for hydroxylation is 1. The van der Waals surface area contributed by atoms with Gasteiger partial charge in [-0.05, 0) is 26.8 Å². The topological polar surface area (TPSA) is 137 Å². The molecule has 3 N–H and O–H groups in total. The standard InChI is InChI=1S/C19H25N7O3/c1-6-21-17-7-15(22-13(4)28)16(8-18(17)29-5)23-24-19-14(9-20)12(3)25-26(19)10-11(2)27/h7-8,11,21,27H,6,10H2,1-5H3,(H,22,28). The minimum absolute atomic E-state index is 0.165. The molecule has 0 aliphatic rings. The number of anilines is 2. The second kappa shape index (κ2) is 9.66. The van der Waals surface area contributed by atoms with Crippen LogP contribution in [0.5, 0.6) is 5.75 Å². The van der Waals surface area contributed by atoms with Gasteiger partial charge in [0.05, 0.1) is 36.8 Å². The fourth-order valence-corrected chi connectivity index (χ4v) is 2.72. The highest BCUT2D eigenvalue weighted by Gasteiger charge is 2.17. The van der Waals surface area contributed by atoms with Crippen molar-refractivity contribution in [2.24, 2.45) is 10.2 Å². The Bertz CT molecular complexity index is 958. The van der Waals surface area contributed by atoms with E-state index in [4.69, 9.17) is 4.74 Å². The van der Waals surface area contributed by atoms with Gasteiger partial charge in [-0.25, -0.2) is 4.68 Å². The van der Waals surface area contributed by atoms with Gasteiger partial charge >= 0.3 is 0 Å². The summed E-state index contributed by atoms with van der Waals surface area (Å²) in [7, 11) is 1.53. The molecule has 0 bridgehead atoms. The highest BCUT2D eigenvalue weighted by molar-refractivity contribution is 5.93. The number of carbonyl (C=O) groups is 1. The molecule has 0 saturated heterocycles. The van der Waals surface area contributed by atoms with Crippen molar-refractivity contribution in [3.63, 3.8) is 0 Å². The van der Waals surface area contributed by atoms with Crippen LogP contribution in [0.25, 0.3) is 0 Å². The molecule has 2 rings (SSSR count). The number of carbonyl (C=O) groups excluding carboxylic acids is 1. The number of azo groups is 1. The summed E-state index contributed by atoms with van der Waals surface area (Å²) in [6, 6.07) is 5.42. The fraction of sp³-hybridized carbons (Fsp3) is 0.421. The van der Waals surface area contributed by atoms with Gasteiger partial charge in [0.2, 0.25) is 5.91 Å². The number of benzene rings is 1. The average molecular weight is 399 g/mol. The third-order valence-corrected chi connectivity index (χ3v) is 3.90. The molecule has 29 heavy (non-hydrogen) atoms. The van der Waals surface area contributed by atoms with Gasteiger partial charge in [0, 0.05) is 19.5 Å². The van der Waals surface area contributed by atoms with E-state index < -0.39 is 6.10 Å². The summed E-state index contributed by atoms with van der Waals surface area (Å²) < 4.78 is 6.83. The van der Waals surface area contributed by atoms with Crippen molar-refractivity contribution >= 4 is 28.8 Å². The Hall–Kier alpha value is -3.45. The van der Waals surface area contributed by atoms with Crippen LogP contribution in [0, 0.1) is 18.3 Å². The van der Waals surface area contributed by atoms with Gasteiger partial charge in [-0.1, -0.05) is 0 Å². The number of methoxy groups -OCH3 is 1. The van der Waals surface area contributed by atoms with Crippen LogP contribution >= 0.6 is 0 Å². The maximum absolute atomic E-state index is 11.6. The summed E-state index contributed by atoms with van der Waals surface area (Å²) in [6.07, 6.45) is -0.677. The number of rotatable bonds is 8. The van der Waals surface area contributed by atoms with Crippen molar-refractivity contribution in [2.75, 3.05) is 24.3 Å². The van der Waals surface area contributed by atoms with Gasteiger partial charge in [0.1, 0.15) is 23.1 Å². The second-order valence-corrected chi connectivity index (χ2v) is 6.41. The van der Waals surface area contributed by atoms with Crippen LogP contribution in [-0.2, 0) is 11.3 Å². The Labute approximate surface area is 169 Å². The van der Waals surface area contributed by atoms with E-state index >= 15 is 0 Å². The van der Waals surface area contributed by atoms with Gasteiger partial charge in [0.15, 0.2) is 5.82 Å². The van der Waals surface area contributed by atoms with Crippen molar-refractivity contribution in [3.05, 3.63) is 23.4 Å². The van der Waals surface area contributed by atoms with Gasteiger partial charge < -0.3 is 20.5 Å². The number of nitriles is 1. The number of hydrogen-bond donors (Lipinski definition) is 3. The smallest absolute Gasteiger partial charge is 0.221 e. The lowest BCUT2D eigenvalue weighted by Crippen LogP contribution is -2.12. The highest BCUT2D eigenvalue weighted by atomic mass is 16.5. The molecule has 10 nitrogen and oxygen atoms in total. The molecule has 0 spiro atoms. The van der Waals surface area contributed by atoms with Crippen LogP contribution < -0.4 is 15.4 Å². The quantitative estimate of drug-likeness (QED) is 0.583. The van der Waals surface area contributed by atoms with Gasteiger partial charge in [-0.3, -0.25) is 4.79 Å². The maximum Gasteiger partial charge on any atom is 0.221 e. The predicted octanol–water partition coefficient (Wildman–Crippen LogP) is 3.26. The van der Waals surface area contributed by atoms with E-state index in [1.165, 1.54) is 18.7 Å². The average Bonchev–Trinajstić information content (AvgIpc) is 2.94. The monoisotopic (exact) mass is 399 g/mol. The Morgan fingerprint density at radius 1 is 1.41 bits per heavy atom. The van der Waals surface area contributed by atoms with Crippen molar-refractivity contribution < 1.29 is 14.6 Å². The lowest BCUT2D eigenvalue weighted by Gasteiger charge is -2.14. The van der Waals surface area contributed by atoms with E-state index in [1.807, 2.05) is 6.92 Å². The summed E-state index contributed by atoms with van der Waals surface area (Å²) in [6.45, 7) is 7.47. The third-order valence-electron chi connectivity index (χ3n) is 3.90. The van der Waals surface area contributed by atoms with Crippen LogP contribution in [0.15, 0.2) is 22.4 Å². The van der Waals surface area contributed by atoms with E-state index in [9.17, 15) is 15.2 Å². The van der Waals surface area contributed by atoms with E-state index in [-0.39, 0.29) is 23.8 Å². The molecule has 1 heterocycles. The minimum atomic E-state index is -0.677. The summed E-state index contributed by atoms with van der Waals surface area (Å²) in [5.74, 6) is 0.500. The van der Waals surface area contributed by atoms with E-state index in [0.717, 1.165) is 0 Å². The van der Waals surface area contributed by atoms with Gasteiger partial charge in [-0.15, -0.1) is 10.2 Å². The first-order chi connectivity index (χ1) is 13.8. The van der Waals surface area contributed by atoms with Gasteiger partial charge in [-0.2, -0.15) is 10.4 Å². The number of amides is 1. The first kappa shape index (κ1) is 21.8. The Morgan fingerprint density at radius 3 is 2.69 bits per heavy atom. The summed E-state index contributed by atoms with van der Waals surface area (Å²) in [5.41, 5.74) is 2.25.